The number of carbonyl (C=O) groups is 1. The molecule has 1 amide bonds. The number of benzene rings is 1. The van der Waals surface area contributed by atoms with Crippen LogP contribution >= 0.6 is 11.3 Å². The number of nitrogen functional groups attached to an aromatic ring is 1. The fourth-order valence-electron chi connectivity index (χ4n) is 3.27. The topological polar surface area (TPSA) is 116 Å². The first kappa shape index (κ1) is 20.6. The fraction of sp³-hybridized carbons (Fsp3) is 0.227. The van der Waals surface area contributed by atoms with Gasteiger partial charge in [0.05, 0.1) is 21.1 Å². The summed E-state index contributed by atoms with van der Waals surface area (Å²) in [5.74, 6) is -0.917. The van der Waals surface area contributed by atoms with Crippen LogP contribution in [0.1, 0.15) is 12.8 Å². The van der Waals surface area contributed by atoms with E-state index in [1.165, 1.54) is 0 Å². The van der Waals surface area contributed by atoms with Gasteiger partial charge in [-0.05, 0) is 48.1 Å². The lowest BCUT2D eigenvalue weighted by Gasteiger charge is -2.19. The highest BCUT2D eigenvalue weighted by atomic mass is 32.2. The van der Waals surface area contributed by atoms with Crippen LogP contribution in [0.15, 0.2) is 71.7 Å². The number of allylic oxidation sites excluding steroid dienone is 2. The zero-order chi connectivity index (χ0) is 21.3. The molecule has 0 aliphatic heterocycles. The van der Waals surface area contributed by atoms with Crippen molar-refractivity contribution in [2.45, 2.75) is 23.5 Å². The molecule has 1 fully saturated rings. The Hall–Kier alpha value is -2.68. The second-order valence-corrected chi connectivity index (χ2v) is 10.8. The molecule has 3 atom stereocenters. The van der Waals surface area contributed by atoms with Crippen LogP contribution in [0.3, 0.4) is 0 Å². The van der Waals surface area contributed by atoms with Crippen molar-refractivity contribution in [2.24, 2.45) is 5.92 Å². The van der Waals surface area contributed by atoms with E-state index in [-0.39, 0.29) is 11.2 Å². The molecule has 1 saturated carbocycles. The van der Waals surface area contributed by atoms with Gasteiger partial charge >= 0.3 is 0 Å². The molecular formula is C22H23N3O3S2. The SMILES string of the molecule is N=S(=O)(C1CC1)C(O)C1C=CC=C(C(=O)Nc2cc(-c3cccs3)ccc2N)C=C1. The van der Waals surface area contributed by atoms with E-state index < -0.39 is 21.1 Å². The van der Waals surface area contributed by atoms with Crippen LogP contribution in [-0.2, 0) is 14.5 Å². The minimum Gasteiger partial charge on any atom is -0.397 e. The van der Waals surface area contributed by atoms with Crippen molar-refractivity contribution in [2.75, 3.05) is 11.1 Å². The predicted octanol–water partition coefficient (Wildman–Crippen LogP) is 4.13. The number of carbonyl (C=O) groups excluding carboxylic acids is 1. The Bertz CT molecular complexity index is 1140. The van der Waals surface area contributed by atoms with Crippen molar-refractivity contribution in [1.82, 2.24) is 0 Å². The van der Waals surface area contributed by atoms with E-state index in [4.69, 9.17) is 10.5 Å². The fourth-order valence-corrected chi connectivity index (χ4v) is 5.87. The van der Waals surface area contributed by atoms with E-state index in [0.29, 0.717) is 16.9 Å². The first-order valence-electron chi connectivity index (χ1n) is 9.62. The highest BCUT2D eigenvalue weighted by Crippen LogP contribution is 2.34. The lowest BCUT2D eigenvalue weighted by Crippen LogP contribution is -2.29. The van der Waals surface area contributed by atoms with Crippen molar-refractivity contribution in [3.63, 3.8) is 0 Å². The monoisotopic (exact) mass is 441 g/mol. The van der Waals surface area contributed by atoms with Gasteiger partial charge in [-0.2, -0.15) is 0 Å². The van der Waals surface area contributed by atoms with Crippen LogP contribution in [0.2, 0.25) is 0 Å². The molecule has 3 unspecified atom stereocenters. The summed E-state index contributed by atoms with van der Waals surface area (Å²) in [5, 5.41) is 15.1. The van der Waals surface area contributed by atoms with Gasteiger partial charge in [-0.1, -0.05) is 36.4 Å². The maximum atomic E-state index is 12.8. The maximum absolute atomic E-state index is 12.8. The molecule has 30 heavy (non-hydrogen) atoms. The quantitative estimate of drug-likeness (QED) is 0.504. The van der Waals surface area contributed by atoms with Gasteiger partial charge in [0.1, 0.15) is 5.44 Å². The highest BCUT2D eigenvalue weighted by molar-refractivity contribution is 7.93. The van der Waals surface area contributed by atoms with E-state index in [2.05, 4.69) is 5.32 Å². The summed E-state index contributed by atoms with van der Waals surface area (Å²) in [6, 6.07) is 9.48. The normalized spacial score (nSPS) is 21.4. The molecule has 0 saturated heterocycles. The molecular weight excluding hydrogens is 418 g/mol. The van der Waals surface area contributed by atoms with Crippen molar-refractivity contribution in [3.8, 4) is 10.4 Å². The van der Waals surface area contributed by atoms with E-state index in [9.17, 15) is 14.1 Å². The molecule has 1 aromatic carbocycles. The number of thiophene rings is 1. The molecule has 4 rings (SSSR count). The minimum atomic E-state index is -3.09. The number of amides is 1. The number of nitrogens with two attached hydrogens (primary N) is 1. The first-order valence-corrected chi connectivity index (χ1v) is 12.2. The van der Waals surface area contributed by atoms with E-state index >= 15 is 0 Å². The van der Waals surface area contributed by atoms with Crippen molar-refractivity contribution in [1.29, 1.82) is 4.78 Å². The third kappa shape index (κ3) is 4.26. The van der Waals surface area contributed by atoms with Gasteiger partial charge in [0.25, 0.3) is 5.91 Å². The molecule has 6 nitrogen and oxygen atoms in total. The Labute approximate surface area is 179 Å². The first-order chi connectivity index (χ1) is 14.4. The summed E-state index contributed by atoms with van der Waals surface area (Å²) in [5.41, 5.74) is 7.09. The van der Waals surface area contributed by atoms with Gasteiger partial charge in [-0.25, -0.2) is 4.21 Å². The molecule has 0 radical (unpaired) electrons. The van der Waals surface area contributed by atoms with Gasteiger partial charge in [-0.3, -0.25) is 9.57 Å². The van der Waals surface area contributed by atoms with Crippen LogP contribution in [0.4, 0.5) is 11.4 Å². The number of hydrogen-bond acceptors (Lipinski definition) is 6. The van der Waals surface area contributed by atoms with Gasteiger partial charge < -0.3 is 16.2 Å². The third-order valence-corrected chi connectivity index (χ3v) is 8.60. The largest absolute Gasteiger partial charge is 0.397 e. The molecule has 156 valence electrons. The van der Waals surface area contributed by atoms with Gasteiger partial charge in [0.2, 0.25) is 0 Å². The van der Waals surface area contributed by atoms with Crippen molar-refractivity contribution in [3.05, 3.63) is 71.7 Å². The molecule has 5 N–H and O–H groups in total. The number of nitrogens with one attached hydrogen (secondary N) is 2. The molecule has 0 bridgehead atoms. The van der Waals surface area contributed by atoms with Crippen LogP contribution in [-0.4, -0.2) is 25.9 Å². The Kier molecular flexibility index (Phi) is 5.64. The standard InChI is InChI=1S/C22H23N3O3S2/c23-18-11-8-16(20-5-2-12-29-20)13-19(18)25-21(26)14-3-1-4-15(7-6-14)22(27)30(24,28)17-9-10-17/h1-8,11-13,15,17,22,24,27H,9-10,23H2,(H,25,26). The smallest absolute Gasteiger partial charge is 0.255 e. The molecule has 2 aliphatic rings. The van der Waals surface area contributed by atoms with Gasteiger partial charge in [0.15, 0.2) is 0 Å². The Morgan fingerprint density at radius 1 is 1.30 bits per heavy atom. The zero-order valence-electron chi connectivity index (χ0n) is 16.2. The number of anilines is 2. The summed E-state index contributed by atoms with van der Waals surface area (Å²) in [4.78, 5) is 13.9. The van der Waals surface area contributed by atoms with Crippen molar-refractivity contribution >= 4 is 38.3 Å². The molecule has 1 heterocycles. The van der Waals surface area contributed by atoms with Gasteiger partial charge in [-0.15, -0.1) is 11.3 Å². The summed E-state index contributed by atoms with van der Waals surface area (Å²) in [6.07, 6.45) is 9.60. The molecule has 0 spiro atoms. The molecule has 1 aromatic heterocycles. The Balaban J connectivity index is 1.49. The lowest BCUT2D eigenvalue weighted by molar-refractivity contribution is -0.112. The summed E-state index contributed by atoms with van der Waals surface area (Å²) >= 11 is 1.60. The number of aliphatic hydroxyl groups is 1. The third-order valence-electron chi connectivity index (χ3n) is 5.18. The van der Waals surface area contributed by atoms with Crippen molar-refractivity contribution < 1.29 is 14.1 Å². The Morgan fingerprint density at radius 2 is 2.10 bits per heavy atom. The van der Waals surface area contributed by atoms with Crippen LogP contribution in [0.5, 0.6) is 0 Å². The number of hydrogen-bond donors (Lipinski definition) is 4. The second kappa shape index (κ2) is 8.22. The van der Waals surface area contributed by atoms with Crippen LogP contribution in [0.25, 0.3) is 10.4 Å². The summed E-state index contributed by atoms with van der Waals surface area (Å²) in [6.45, 7) is 0. The van der Waals surface area contributed by atoms with E-state index in [1.807, 2.05) is 29.6 Å². The minimum absolute atomic E-state index is 0.230. The second-order valence-electron chi connectivity index (χ2n) is 7.41. The van der Waals surface area contributed by atoms with E-state index in [1.54, 1.807) is 47.8 Å². The maximum Gasteiger partial charge on any atom is 0.255 e. The van der Waals surface area contributed by atoms with Crippen LogP contribution < -0.4 is 11.1 Å². The average Bonchev–Trinajstić information content (AvgIpc) is 3.50. The molecule has 8 heteroatoms. The average molecular weight is 442 g/mol. The molecule has 2 aliphatic carbocycles. The highest BCUT2D eigenvalue weighted by Gasteiger charge is 2.39. The van der Waals surface area contributed by atoms with E-state index in [0.717, 1.165) is 23.3 Å². The van der Waals surface area contributed by atoms with Crippen LogP contribution in [0, 0.1) is 10.7 Å². The zero-order valence-corrected chi connectivity index (χ0v) is 17.8. The molecule has 2 aromatic rings. The predicted molar refractivity (Wildman–Crippen MR) is 123 cm³/mol. The summed E-state index contributed by atoms with van der Waals surface area (Å²) in [7, 11) is -3.09. The number of rotatable bonds is 6. The summed E-state index contributed by atoms with van der Waals surface area (Å²) < 4.78 is 20.6. The number of aliphatic hydroxyl groups excluding tert-OH is 1. The van der Waals surface area contributed by atoms with Gasteiger partial charge in [0, 0.05) is 21.6 Å². The lowest BCUT2D eigenvalue weighted by atomic mass is 10.1. The Morgan fingerprint density at radius 3 is 2.80 bits per heavy atom.